The van der Waals surface area contributed by atoms with Gasteiger partial charge in [0.1, 0.15) is 29.2 Å². The molecule has 1 heterocycles. The molecule has 0 spiro atoms. The Kier molecular flexibility index (Phi) is 7.05. The first-order valence-corrected chi connectivity index (χ1v) is 10.8. The van der Waals surface area contributed by atoms with Gasteiger partial charge in [0, 0.05) is 37.7 Å². The van der Waals surface area contributed by atoms with Crippen LogP contribution in [0.2, 0.25) is 0 Å². The second-order valence-corrected chi connectivity index (χ2v) is 7.92. The van der Waals surface area contributed by atoms with Crippen LogP contribution < -0.4 is 9.47 Å². The van der Waals surface area contributed by atoms with Gasteiger partial charge in [-0.2, -0.15) is 0 Å². The van der Waals surface area contributed by atoms with Crippen LogP contribution in [0.5, 0.6) is 17.2 Å². The average Bonchev–Trinajstić information content (AvgIpc) is 2.78. The number of nitrogens with zero attached hydrogens (tertiary/aromatic N) is 1. The fourth-order valence-corrected chi connectivity index (χ4v) is 4.13. The molecule has 3 aromatic rings. The maximum absolute atomic E-state index is 13.6. The van der Waals surface area contributed by atoms with E-state index in [0.29, 0.717) is 18.1 Å². The minimum atomic E-state index is -0.280. The summed E-state index contributed by atoms with van der Waals surface area (Å²) >= 11 is 0. The third kappa shape index (κ3) is 5.98. The van der Waals surface area contributed by atoms with E-state index in [4.69, 9.17) is 9.47 Å². The molecule has 0 aliphatic carbocycles. The van der Waals surface area contributed by atoms with Crippen LogP contribution in [-0.4, -0.2) is 42.4 Å². The minimum Gasteiger partial charge on any atom is -0.508 e. The van der Waals surface area contributed by atoms with E-state index in [2.05, 4.69) is 29.2 Å². The summed E-state index contributed by atoms with van der Waals surface area (Å²) in [6, 6.07) is 23.7. The Morgan fingerprint density at radius 1 is 0.935 bits per heavy atom. The van der Waals surface area contributed by atoms with E-state index < -0.39 is 0 Å². The van der Waals surface area contributed by atoms with Gasteiger partial charge in [0.15, 0.2) is 0 Å². The maximum atomic E-state index is 13.6. The zero-order chi connectivity index (χ0) is 21.5. The van der Waals surface area contributed by atoms with Crippen LogP contribution in [0.15, 0.2) is 78.9 Å². The molecule has 0 unspecified atom stereocenters. The first-order chi connectivity index (χ1) is 15.2. The average molecular weight is 422 g/mol. The molecular formula is C26H28FNO3. The molecular weight excluding hydrogens is 393 g/mol. The molecule has 0 aromatic heterocycles. The van der Waals surface area contributed by atoms with Gasteiger partial charge in [-0.3, -0.25) is 0 Å². The molecule has 4 nitrogen and oxygen atoms in total. The number of phenols is 1. The summed E-state index contributed by atoms with van der Waals surface area (Å²) in [5.41, 5.74) is 1.24. The zero-order valence-corrected chi connectivity index (χ0v) is 17.5. The SMILES string of the molecule is Oc1cccc(OCCCN2CC[C@@H](Oc3cccc(F)c3)[C@H](c3ccccc3)C2)c1. The number of hydrogen-bond acceptors (Lipinski definition) is 4. The standard InChI is InChI=1S/C26H28FNO3/c27-21-9-4-12-24(17-21)31-26-13-15-28(19-25(26)20-7-2-1-3-8-20)14-6-16-30-23-11-5-10-22(29)18-23/h1-5,7-12,17-18,25-26,29H,6,13-16,19H2/t25-,26+/m0/s1. The number of rotatable bonds is 8. The Morgan fingerprint density at radius 3 is 2.55 bits per heavy atom. The van der Waals surface area contributed by atoms with Gasteiger partial charge in [-0.15, -0.1) is 0 Å². The van der Waals surface area contributed by atoms with Gasteiger partial charge >= 0.3 is 0 Å². The quantitative estimate of drug-likeness (QED) is 0.505. The van der Waals surface area contributed by atoms with E-state index in [9.17, 15) is 9.50 Å². The molecule has 4 rings (SSSR count). The number of phenolic OH excluding ortho intramolecular Hbond substituents is 1. The lowest BCUT2D eigenvalue weighted by Crippen LogP contribution is -2.44. The number of hydrogen-bond donors (Lipinski definition) is 1. The van der Waals surface area contributed by atoms with Gasteiger partial charge in [0.05, 0.1) is 6.61 Å². The van der Waals surface area contributed by atoms with Crippen LogP contribution in [0, 0.1) is 5.82 Å². The van der Waals surface area contributed by atoms with Gasteiger partial charge in [0.2, 0.25) is 0 Å². The van der Waals surface area contributed by atoms with Crippen molar-refractivity contribution >= 4 is 0 Å². The number of aromatic hydroxyl groups is 1. The summed E-state index contributed by atoms with van der Waals surface area (Å²) in [6.07, 6.45) is 1.78. The lowest BCUT2D eigenvalue weighted by Gasteiger charge is -2.39. The first kappa shape index (κ1) is 21.2. The normalized spacial score (nSPS) is 19.1. The lowest BCUT2D eigenvalue weighted by molar-refractivity contribution is 0.0748. The van der Waals surface area contributed by atoms with Crippen LogP contribution in [0.3, 0.4) is 0 Å². The second-order valence-electron chi connectivity index (χ2n) is 7.92. The van der Waals surface area contributed by atoms with Crippen LogP contribution in [-0.2, 0) is 0 Å². The maximum Gasteiger partial charge on any atom is 0.126 e. The third-order valence-corrected chi connectivity index (χ3v) is 5.65. The molecule has 162 valence electrons. The predicted octanol–water partition coefficient (Wildman–Crippen LogP) is 5.24. The molecule has 0 amide bonds. The molecule has 1 fully saturated rings. The van der Waals surface area contributed by atoms with E-state index in [1.165, 1.54) is 17.7 Å². The summed E-state index contributed by atoms with van der Waals surface area (Å²) in [5.74, 6) is 1.41. The van der Waals surface area contributed by atoms with Crippen molar-refractivity contribution in [2.75, 3.05) is 26.2 Å². The van der Waals surface area contributed by atoms with Gasteiger partial charge in [-0.25, -0.2) is 4.39 Å². The summed E-state index contributed by atoms with van der Waals surface area (Å²) in [4.78, 5) is 2.44. The number of halogens is 1. The van der Waals surface area contributed by atoms with Crippen molar-refractivity contribution in [1.29, 1.82) is 0 Å². The highest BCUT2D eigenvalue weighted by Crippen LogP contribution is 2.31. The van der Waals surface area contributed by atoms with Gasteiger partial charge in [-0.05, 0) is 42.7 Å². The Bertz CT molecular complexity index is 964. The van der Waals surface area contributed by atoms with Gasteiger partial charge < -0.3 is 19.5 Å². The minimum absolute atomic E-state index is 0.00370. The van der Waals surface area contributed by atoms with Crippen molar-refractivity contribution in [1.82, 2.24) is 4.90 Å². The monoisotopic (exact) mass is 421 g/mol. The Labute approximate surface area is 182 Å². The highest BCUT2D eigenvalue weighted by molar-refractivity contribution is 5.31. The summed E-state index contributed by atoms with van der Waals surface area (Å²) in [6.45, 7) is 3.33. The largest absolute Gasteiger partial charge is 0.508 e. The molecule has 31 heavy (non-hydrogen) atoms. The van der Waals surface area contributed by atoms with Crippen molar-refractivity contribution in [2.24, 2.45) is 0 Å². The molecule has 1 aliphatic heterocycles. The molecule has 1 N–H and O–H groups in total. The number of piperidine rings is 1. The van der Waals surface area contributed by atoms with E-state index >= 15 is 0 Å². The van der Waals surface area contributed by atoms with Gasteiger partial charge in [0.25, 0.3) is 0 Å². The molecule has 0 radical (unpaired) electrons. The third-order valence-electron chi connectivity index (χ3n) is 5.65. The fraction of sp³-hybridized carbons (Fsp3) is 0.308. The Morgan fingerprint density at radius 2 is 1.74 bits per heavy atom. The van der Waals surface area contributed by atoms with Crippen LogP contribution in [0.4, 0.5) is 4.39 Å². The highest BCUT2D eigenvalue weighted by atomic mass is 19.1. The summed E-state index contributed by atoms with van der Waals surface area (Å²) in [7, 11) is 0. The van der Waals surface area contributed by atoms with Crippen LogP contribution >= 0.6 is 0 Å². The molecule has 2 atom stereocenters. The predicted molar refractivity (Wildman–Crippen MR) is 119 cm³/mol. The van der Waals surface area contributed by atoms with Crippen molar-refractivity contribution in [3.05, 3.63) is 90.2 Å². The first-order valence-electron chi connectivity index (χ1n) is 10.8. The van der Waals surface area contributed by atoms with Crippen LogP contribution in [0.1, 0.15) is 24.3 Å². The van der Waals surface area contributed by atoms with E-state index in [1.54, 1.807) is 24.3 Å². The molecule has 3 aromatic carbocycles. The van der Waals surface area contributed by atoms with Crippen molar-refractivity contribution in [3.8, 4) is 17.2 Å². The Balaban J connectivity index is 1.35. The summed E-state index contributed by atoms with van der Waals surface area (Å²) in [5, 5.41) is 9.54. The zero-order valence-electron chi connectivity index (χ0n) is 17.5. The number of ether oxygens (including phenoxy) is 2. The van der Waals surface area contributed by atoms with Crippen molar-refractivity contribution in [3.63, 3.8) is 0 Å². The molecule has 5 heteroatoms. The molecule has 1 aliphatic rings. The summed E-state index contributed by atoms with van der Waals surface area (Å²) < 4.78 is 25.6. The van der Waals surface area contributed by atoms with E-state index in [1.807, 2.05) is 18.2 Å². The lowest BCUT2D eigenvalue weighted by atomic mass is 9.87. The smallest absolute Gasteiger partial charge is 0.126 e. The van der Waals surface area contributed by atoms with E-state index in [0.717, 1.165) is 32.5 Å². The van der Waals surface area contributed by atoms with E-state index in [-0.39, 0.29) is 23.6 Å². The van der Waals surface area contributed by atoms with Crippen molar-refractivity contribution in [2.45, 2.75) is 24.9 Å². The molecule has 0 saturated carbocycles. The fourth-order valence-electron chi connectivity index (χ4n) is 4.13. The second kappa shape index (κ2) is 10.3. The number of likely N-dealkylation sites (tertiary alicyclic amines) is 1. The molecule has 0 bridgehead atoms. The van der Waals surface area contributed by atoms with Crippen LogP contribution in [0.25, 0.3) is 0 Å². The molecule has 1 saturated heterocycles. The van der Waals surface area contributed by atoms with Gasteiger partial charge in [-0.1, -0.05) is 42.5 Å². The van der Waals surface area contributed by atoms with Crippen molar-refractivity contribution < 1.29 is 19.0 Å². The Hall–Kier alpha value is -3.05. The topological polar surface area (TPSA) is 41.9 Å². The highest BCUT2D eigenvalue weighted by Gasteiger charge is 2.31. The number of benzene rings is 3.